The predicted octanol–water partition coefficient (Wildman–Crippen LogP) is 0.512. The molecule has 1 saturated heterocycles. The van der Waals surface area contributed by atoms with Gasteiger partial charge in [-0.15, -0.1) is 0 Å². The van der Waals surface area contributed by atoms with Crippen molar-refractivity contribution in [3.05, 3.63) is 23.8 Å². The van der Waals surface area contributed by atoms with E-state index in [-0.39, 0.29) is 12.7 Å². The number of amides is 1. The summed E-state index contributed by atoms with van der Waals surface area (Å²) in [6.45, 7) is 1.89. The Balaban J connectivity index is 1.79. The first-order valence-electron chi connectivity index (χ1n) is 8.57. The van der Waals surface area contributed by atoms with E-state index in [1.54, 1.807) is 4.90 Å². The number of carbonyl (C=O) groups excluding carboxylic acids is 1. The summed E-state index contributed by atoms with van der Waals surface area (Å²) in [6.07, 6.45) is 1.83. The Morgan fingerprint density at radius 2 is 1.85 bits per heavy atom. The Morgan fingerprint density at radius 1 is 1.12 bits per heavy atom. The average Bonchev–Trinajstić information content (AvgIpc) is 2.87. The molecule has 0 spiro atoms. The van der Waals surface area contributed by atoms with Crippen LogP contribution in [0.25, 0.3) is 0 Å². The molecule has 1 aromatic carbocycles. The Hall–Kier alpha value is -1.84. The molecule has 1 atom stereocenters. The van der Waals surface area contributed by atoms with Crippen LogP contribution in [0.1, 0.15) is 18.0 Å². The van der Waals surface area contributed by atoms with Crippen LogP contribution in [-0.2, 0) is 14.8 Å². The van der Waals surface area contributed by atoms with Gasteiger partial charge in [-0.3, -0.25) is 9.69 Å². The van der Waals surface area contributed by atoms with Crippen LogP contribution in [0.15, 0.2) is 18.2 Å². The molecule has 0 N–H and O–H groups in total. The van der Waals surface area contributed by atoms with E-state index in [9.17, 15) is 13.2 Å². The van der Waals surface area contributed by atoms with Crippen LogP contribution in [0, 0.1) is 0 Å². The van der Waals surface area contributed by atoms with Gasteiger partial charge in [0.05, 0.1) is 6.26 Å². The summed E-state index contributed by atoms with van der Waals surface area (Å²) in [5.41, 5.74) is 0.827. The molecule has 0 aliphatic carbocycles. The molecule has 1 amide bonds. The molecule has 9 heteroatoms. The van der Waals surface area contributed by atoms with Crippen molar-refractivity contribution < 1.29 is 22.7 Å². The van der Waals surface area contributed by atoms with Crippen LogP contribution in [0.2, 0.25) is 0 Å². The Bertz CT molecular complexity index is 781. The zero-order valence-electron chi connectivity index (χ0n) is 15.3. The number of carbonyl (C=O) groups is 1. The molecule has 0 radical (unpaired) electrons. The maximum absolute atomic E-state index is 13.2. The van der Waals surface area contributed by atoms with Crippen molar-refractivity contribution in [3.63, 3.8) is 0 Å². The molecule has 1 aromatic rings. The van der Waals surface area contributed by atoms with Gasteiger partial charge in [-0.05, 0) is 38.2 Å². The highest BCUT2D eigenvalue weighted by atomic mass is 32.2. The van der Waals surface area contributed by atoms with E-state index >= 15 is 0 Å². The third kappa shape index (κ3) is 3.94. The Kier molecular flexibility index (Phi) is 5.40. The Morgan fingerprint density at radius 3 is 2.54 bits per heavy atom. The number of benzene rings is 1. The number of rotatable bonds is 4. The van der Waals surface area contributed by atoms with Crippen molar-refractivity contribution in [2.75, 3.05) is 53.3 Å². The molecule has 26 heavy (non-hydrogen) atoms. The molecular weight excluding hydrogens is 358 g/mol. The zero-order chi connectivity index (χ0) is 18.9. The van der Waals surface area contributed by atoms with Crippen molar-refractivity contribution in [1.82, 2.24) is 14.1 Å². The number of likely N-dealkylation sites (N-methyl/N-ethyl adjacent to an activating group) is 1. The van der Waals surface area contributed by atoms with Gasteiger partial charge in [0.25, 0.3) is 0 Å². The van der Waals surface area contributed by atoms with E-state index in [1.807, 2.05) is 37.2 Å². The topological polar surface area (TPSA) is 79.4 Å². The summed E-state index contributed by atoms with van der Waals surface area (Å²) < 4.78 is 35.8. The lowest BCUT2D eigenvalue weighted by molar-refractivity contribution is -0.136. The van der Waals surface area contributed by atoms with Gasteiger partial charge in [0.15, 0.2) is 11.5 Å². The van der Waals surface area contributed by atoms with E-state index in [0.717, 1.165) is 5.56 Å². The second-order valence-corrected chi connectivity index (χ2v) is 8.80. The summed E-state index contributed by atoms with van der Waals surface area (Å²) in [7, 11) is 0.470. The molecule has 2 aliphatic rings. The van der Waals surface area contributed by atoms with Crippen LogP contribution in [0.4, 0.5) is 0 Å². The summed E-state index contributed by atoms with van der Waals surface area (Å²) >= 11 is 0. The molecule has 0 unspecified atom stereocenters. The second-order valence-electron chi connectivity index (χ2n) is 6.82. The van der Waals surface area contributed by atoms with Gasteiger partial charge in [0, 0.05) is 26.2 Å². The number of fused-ring (bicyclic) bond motifs is 1. The highest BCUT2D eigenvalue weighted by molar-refractivity contribution is 7.88. The molecular formula is C17H25N3O5S. The predicted molar refractivity (Wildman–Crippen MR) is 96.6 cm³/mol. The third-order valence-corrected chi connectivity index (χ3v) is 6.00. The molecule has 0 saturated carbocycles. The SMILES string of the molecule is CN(C)[C@H](C(=O)N1CCCN(S(C)(=O)=O)CC1)c1ccc2c(c1)OCO2. The molecule has 0 bridgehead atoms. The fourth-order valence-electron chi connectivity index (χ4n) is 3.36. The van der Waals surface area contributed by atoms with E-state index in [4.69, 9.17) is 9.47 Å². The second kappa shape index (κ2) is 7.42. The van der Waals surface area contributed by atoms with Crippen molar-refractivity contribution in [2.24, 2.45) is 0 Å². The molecule has 0 aromatic heterocycles. The van der Waals surface area contributed by atoms with E-state index in [2.05, 4.69) is 0 Å². The minimum absolute atomic E-state index is 0.0378. The maximum atomic E-state index is 13.2. The molecule has 3 rings (SSSR count). The molecule has 2 heterocycles. The van der Waals surface area contributed by atoms with E-state index < -0.39 is 16.1 Å². The minimum atomic E-state index is -3.24. The van der Waals surface area contributed by atoms with Crippen LogP contribution < -0.4 is 9.47 Å². The smallest absolute Gasteiger partial charge is 0.244 e. The number of nitrogens with zero attached hydrogens (tertiary/aromatic N) is 3. The van der Waals surface area contributed by atoms with Gasteiger partial charge in [-0.2, -0.15) is 0 Å². The fraction of sp³-hybridized carbons (Fsp3) is 0.588. The lowest BCUT2D eigenvalue weighted by Crippen LogP contribution is -2.42. The molecule has 1 fully saturated rings. The number of sulfonamides is 1. The minimum Gasteiger partial charge on any atom is -0.454 e. The van der Waals surface area contributed by atoms with Crippen LogP contribution in [0.5, 0.6) is 11.5 Å². The number of hydrogen-bond acceptors (Lipinski definition) is 6. The maximum Gasteiger partial charge on any atom is 0.244 e. The van der Waals surface area contributed by atoms with Crippen LogP contribution in [0.3, 0.4) is 0 Å². The van der Waals surface area contributed by atoms with Gasteiger partial charge < -0.3 is 14.4 Å². The van der Waals surface area contributed by atoms with Gasteiger partial charge in [0.2, 0.25) is 22.7 Å². The Labute approximate surface area is 154 Å². The number of ether oxygens (including phenoxy) is 2. The monoisotopic (exact) mass is 383 g/mol. The van der Waals surface area contributed by atoms with Gasteiger partial charge >= 0.3 is 0 Å². The first kappa shape index (κ1) is 18.9. The molecule has 2 aliphatic heterocycles. The van der Waals surface area contributed by atoms with Gasteiger partial charge in [-0.1, -0.05) is 6.07 Å². The standard InChI is InChI=1S/C17H25N3O5S/c1-18(2)16(13-5-6-14-15(11-13)25-12-24-14)17(21)19-7-4-8-20(10-9-19)26(3,22)23/h5-6,11,16H,4,7-10,12H2,1-3H3/t16-/m0/s1. The van der Waals surface area contributed by atoms with Crippen LogP contribution in [-0.4, -0.2) is 81.8 Å². The van der Waals surface area contributed by atoms with Crippen molar-refractivity contribution in [2.45, 2.75) is 12.5 Å². The highest BCUT2D eigenvalue weighted by Gasteiger charge is 2.31. The summed E-state index contributed by atoms with van der Waals surface area (Å²) in [5.74, 6) is 1.28. The zero-order valence-corrected chi connectivity index (χ0v) is 16.2. The largest absolute Gasteiger partial charge is 0.454 e. The normalized spacial score (nSPS) is 19.5. The summed E-state index contributed by atoms with van der Waals surface area (Å²) in [4.78, 5) is 16.8. The van der Waals surface area contributed by atoms with Crippen molar-refractivity contribution in [3.8, 4) is 11.5 Å². The lowest BCUT2D eigenvalue weighted by Gasteiger charge is -2.30. The number of hydrogen-bond donors (Lipinski definition) is 0. The summed E-state index contributed by atoms with van der Waals surface area (Å²) in [6, 6.07) is 5.06. The quantitative estimate of drug-likeness (QED) is 0.754. The highest BCUT2D eigenvalue weighted by Crippen LogP contribution is 2.35. The fourth-order valence-corrected chi connectivity index (χ4v) is 4.24. The summed E-state index contributed by atoms with van der Waals surface area (Å²) in [5, 5.41) is 0. The van der Waals surface area contributed by atoms with Crippen molar-refractivity contribution in [1.29, 1.82) is 0 Å². The van der Waals surface area contributed by atoms with Crippen LogP contribution >= 0.6 is 0 Å². The van der Waals surface area contributed by atoms with E-state index in [1.165, 1.54) is 10.6 Å². The third-order valence-electron chi connectivity index (χ3n) is 4.70. The van der Waals surface area contributed by atoms with E-state index in [0.29, 0.717) is 44.1 Å². The van der Waals surface area contributed by atoms with Gasteiger partial charge in [0.1, 0.15) is 6.04 Å². The molecule has 8 nitrogen and oxygen atoms in total. The first-order chi connectivity index (χ1) is 12.3. The molecule has 144 valence electrons. The van der Waals surface area contributed by atoms with Gasteiger partial charge in [-0.25, -0.2) is 12.7 Å². The lowest BCUT2D eigenvalue weighted by atomic mass is 10.0. The van der Waals surface area contributed by atoms with Crippen molar-refractivity contribution >= 4 is 15.9 Å². The average molecular weight is 383 g/mol. The first-order valence-corrected chi connectivity index (χ1v) is 10.4.